The van der Waals surface area contributed by atoms with Gasteiger partial charge in [0.25, 0.3) is 5.91 Å². The molecule has 28 heavy (non-hydrogen) atoms. The molecule has 0 fully saturated rings. The lowest BCUT2D eigenvalue weighted by atomic mass is 10.1. The van der Waals surface area contributed by atoms with E-state index in [4.69, 9.17) is 9.47 Å². The molecule has 0 bridgehead atoms. The van der Waals surface area contributed by atoms with E-state index < -0.39 is 5.91 Å². The maximum Gasteiger partial charge on any atom is 0.271 e. The Kier molecular flexibility index (Phi) is 7.14. The molecule has 0 unspecified atom stereocenters. The van der Waals surface area contributed by atoms with E-state index in [9.17, 15) is 9.59 Å². The van der Waals surface area contributed by atoms with Gasteiger partial charge in [-0.15, -0.1) is 0 Å². The maximum atomic E-state index is 12.3. The van der Waals surface area contributed by atoms with Crippen molar-refractivity contribution in [3.05, 3.63) is 53.1 Å². The molecule has 0 saturated heterocycles. The maximum absolute atomic E-state index is 12.3. The third-order valence-electron chi connectivity index (χ3n) is 4.08. The van der Waals surface area contributed by atoms with Crippen molar-refractivity contribution in [2.75, 3.05) is 19.5 Å². The van der Waals surface area contributed by atoms with Crippen molar-refractivity contribution in [3.8, 4) is 11.5 Å². The second-order valence-corrected chi connectivity index (χ2v) is 6.40. The number of hydrogen-bond acceptors (Lipinski definition) is 5. The third kappa shape index (κ3) is 5.57. The average molecular weight is 383 g/mol. The second-order valence-electron chi connectivity index (χ2n) is 6.40. The van der Waals surface area contributed by atoms with E-state index in [-0.39, 0.29) is 12.3 Å². The number of nitrogens with zero attached hydrogens (tertiary/aromatic N) is 1. The zero-order chi connectivity index (χ0) is 20.7. The topological polar surface area (TPSA) is 89.0 Å². The van der Waals surface area contributed by atoms with Crippen LogP contribution in [-0.4, -0.2) is 31.7 Å². The Bertz CT molecular complexity index is 907. The standard InChI is InChI=1S/C21H25N3O4/c1-13-6-7-14(2)17(10-13)22-20(25)11-15(3)23-24-21(26)16-8-9-18(27-4)19(12-16)28-5/h6-10,12H,11H2,1-5H3,(H,22,25)(H,24,26)/b23-15+. The Morgan fingerprint density at radius 2 is 1.71 bits per heavy atom. The molecule has 2 N–H and O–H groups in total. The van der Waals surface area contributed by atoms with E-state index in [1.165, 1.54) is 14.2 Å². The first-order chi connectivity index (χ1) is 13.3. The largest absolute Gasteiger partial charge is 0.493 e. The fourth-order valence-electron chi connectivity index (χ4n) is 2.53. The van der Waals surface area contributed by atoms with E-state index in [1.54, 1.807) is 25.1 Å². The molecule has 0 aliphatic carbocycles. The first-order valence-electron chi connectivity index (χ1n) is 8.76. The Morgan fingerprint density at radius 3 is 2.39 bits per heavy atom. The van der Waals surface area contributed by atoms with Crippen molar-refractivity contribution >= 4 is 23.2 Å². The summed E-state index contributed by atoms with van der Waals surface area (Å²) in [7, 11) is 3.02. The molecule has 7 heteroatoms. The van der Waals surface area contributed by atoms with E-state index in [0.29, 0.717) is 22.8 Å². The molecular weight excluding hydrogens is 358 g/mol. The number of ether oxygens (including phenoxy) is 2. The number of aryl methyl sites for hydroxylation is 2. The Balaban J connectivity index is 1.97. The molecule has 0 radical (unpaired) electrons. The minimum absolute atomic E-state index is 0.0690. The lowest BCUT2D eigenvalue weighted by molar-refractivity contribution is -0.115. The summed E-state index contributed by atoms with van der Waals surface area (Å²) in [5, 5.41) is 6.87. The molecule has 0 heterocycles. The van der Waals surface area contributed by atoms with Crippen molar-refractivity contribution in [3.63, 3.8) is 0 Å². The number of carbonyl (C=O) groups excluding carboxylic acids is 2. The highest BCUT2D eigenvalue weighted by atomic mass is 16.5. The van der Waals surface area contributed by atoms with E-state index >= 15 is 0 Å². The summed E-state index contributed by atoms with van der Waals surface area (Å²) < 4.78 is 10.3. The van der Waals surface area contributed by atoms with Crippen LogP contribution in [0.25, 0.3) is 0 Å². The molecule has 2 rings (SSSR count). The van der Waals surface area contributed by atoms with Crippen LogP contribution >= 0.6 is 0 Å². The van der Waals surface area contributed by atoms with Gasteiger partial charge in [0.1, 0.15) is 0 Å². The second kappa shape index (κ2) is 9.55. The molecule has 2 amide bonds. The summed E-state index contributed by atoms with van der Waals surface area (Å²) in [4.78, 5) is 24.5. The Morgan fingerprint density at radius 1 is 1.00 bits per heavy atom. The molecule has 0 atom stereocenters. The van der Waals surface area contributed by atoms with Crippen molar-refractivity contribution in [1.82, 2.24) is 5.43 Å². The van der Waals surface area contributed by atoms with Crippen molar-refractivity contribution in [1.29, 1.82) is 0 Å². The van der Waals surface area contributed by atoms with Gasteiger partial charge in [-0.25, -0.2) is 5.43 Å². The van der Waals surface area contributed by atoms with E-state index in [1.807, 2.05) is 32.0 Å². The number of methoxy groups -OCH3 is 2. The highest BCUT2D eigenvalue weighted by Gasteiger charge is 2.11. The molecule has 2 aromatic rings. The zero-order valence-electron chi connectivity index (χ0n) is 16.8. The lowest BCUT2D eigenvalue weighted by Gasteiger charge is -2.10. The minimum atomic E-state index is -0.407. The quantitative estimate of drug-likeness (QED) is 0.566. The van der Waals surface area contributed by atoms with Crippen LogP contribution in [0.15, 0.2) is 41.5 Å². The number of amides is 2. The van der Waals surface area contributed by atoms with E-state index in [0.717, 1.165) is 16.8 Å². The summed E-state index contributed by atoms with van der Waals surface area (Å²) in [6.07, 6.45) is 0.0690. The predicted molar refractivity (Wildman–Crippen MR) is 109 cm³/mol. The fraction of sp³-hybridized carbons (Fsp3) is 0.286. The number of hydrogen-bond donors (Lipinski definition) is 2. The van der Waals surface area contributed by atoms with Crippen LogP contribution in [0.1, 0.15) is 34.8 Å². The number of nitrogens with one attached hydrogen (secondary N) is 2. The molecule has 2 aromatic carbocycles. The molecule has 0 aliphatic heterocycles. The number of carbonyl (C=O) groups is 2. The molecule has 0 aliphatic rings. The average Bonchev–Trinajstić information content (AvgIpc) is 2.68. The predicted octanol–water partition coefficient (Wildman–Crippen LogP) is 3.46. The van der Waals surface area contributed by atoms with Gasteiger partial charge in [0.15, 0.2) is 11.5 Å². The van der Waals surface area contributed by atoms with Crippen molar-refractivity contribution in [2.24, 2.45) is 5.10 Å². The van der Waals surface area contributed by atoms with Gasteiger partial charge in [-0.3, -0.25) is 9.59 Å². The number of rotatable bonds is 7. The smallest absolute Gasteiger partial charge is 0.271 e. The van der Waals surface area contributed by atoms with Gasteiger partial charge in [-0.2, -0.15) is 5.10 Å². The highest BCUT2D eigenvalue weighted by molar-refractivity contribution is 6.06. The van der Waals surface area contributed by atoms with Crippen LogP contribution in [0, 0.1) is 13.8 Å². The van der Waals surface area contributed by atoms with Gasteiger partial charge < -0.3 is 14.8 Å². The first-order valence-corrected chi connectivity index (χ1v) is 8.76. The number of hydrazone groups is 1. The molecule has 0 saturated carbocycles. The van der Waals surface area contributed by atoms with Crippen LogP contribution in [0.5, 0.6) is 11.5 Å². The van der Waals surface area contributed by atoms with Gasteiger partial charge in [-0.1, -0.05) is 12.1 Å². The minimum Gasteiger partial charge on any atom is -0.493 e. The molecule has 7 nitrogen and oxygen atoms in total. The molecule has 148 valence electrons. The lowest BCUT2D eigenvalue weighted by Crippen LogP contribution is -2.21. The summed E-state index contributed by atoms with van der Waals surface area (Å²) in [6, 6.07) is 10.7. The summed E-state index contributed by atoms with van der Waals surface area (Å²) in [6.45, 7) is 5.57. The van der Waals surface area contributed by atoms with Gasteiger partial charge in [0, 0.05) is 17.0 Å². The van der Waals surface area contributed by atoms with Gasteiger partial charge in [-0.05, 0) is 56.2 Å². The highest BCUT2D eigenvalue weighted by Crippen LogP contribution is 2.27. The zero-order valence-corrected chi connectivity index (χ0v) is 16.8. The normalized spacial score (nSPS) is 11.0. The molecule has 0 spiro atoms. The number of anilines is 1. The summed E-state index contributed by atoms with van der Waals surface area (Å²) in [5.41, 5.74) is 6.12. The van der Waals surface area contributed by atoms with Crippen LogP contribution in [-0.2, 0) is 4.79 Å². The fourth-order valence-corrected chi connectivity index (χ4v) is 2.53. The van der Waals surface area contributed by atoms with Crippen LogP contribution in [0.2, 0.25) is 0 Å². The third-order valence-corrected chi connectivity index (χ3v) is 4.08. The number of benzene rings is 2. The summed E-state index contributed by atoms with van der Waals surface area (Å²) in [5.74, 6) is 0.371. The Hall–Kier alpha value is -3.35. The van der Waals surface area contributed by atoms with Crippen LogP contribution < -0.4 is 20.2 Å². The Labute approximate surface area is 164 Å². The van der Waals surface area contributed by atoms with Crippen LogP contribution in [0.3, 0.4) is 0 Å². The molecule has 0 aromatic heterocycles. The van der Waals surface area contributed by atoms with Gasteiger partial charge in [0.2, 0.25) is 5.91 Å². The monoisotopic (exact) mass is 383 g/mol. The van der Waals surface area contributed by atoms with Crippen molar-refractivity contribution in [2.45, 2.75) is 27.2 Å². The van der Waals surface area contributed by atoms with Gasteiger partial charge in [0.05, 0.1) is 20.6 Å². The van der Waals surface area contributed by atoms with Crippen LogP contribution in [0.4, 0.5) is 5.69 Å². The first kappa shape index (κ1) is 21.0. The molecular formula is C21H25N3O4. The van der Waals surface area contributed by atoms with Gasteiger partial charge >= 0.3 is 0 Å². The van der Waals surface area contributed by atoms with Crippen molar-refractivity contribution < 1.29 is 19.1 Å². The summed E-state index contributed by atoms with van der Waals surface area (Å²) >= 11 is 0. The SMILES string of the molecule is COc1ccc(C(=O)N/N=C(\C)CC(=O)Nc2cc(C)ccc2C)cc1OC. The van der Waals surface area contributed by atoms with E-state index in [2.05, 4.69) is 15.8 Å².